The fourth-order valence-corrected chi connectivity index (χ4v) is 1.67. The van der Waals surface area contributed by atoms with E-state index in [1.165, 1.54) is 7.11 Å². The Morgan fingerprint density at radius 1 is 1.40 bits per heavy atom. The lowest BCUT2D eigenvalue weighted by Crippen LogP contribution is -2.34. The number of carbonyl (C=O) groups is 2. The summed E-state index contributed by atoms with van der Waals surface area (Å²) >= 11 is 0. The first kappa shape index (κ1) is 16.0. The molecule has 20 heavy (non-hydrogen) atoms. The van der Waals surface area contributed by atoms with Crippen molar-refractivity contribution in [2.24, 2.45) is 0 Å². The molecular formula is C14H20N2O4. The van der Waals surface area contributed by atoms with Crippen LogP contribution in [-0.4, -0.2) is 50.8 Å². The van der Waals surface area contributed by atoms with E-state index >= 15 is 0 Å². The lowest BCUT2D eigenvalue weighted by molar-refractivity contribution is -0.139. The zero-order valence-corrected chi connectivity index (χ0v) is 11.9. The number of hydrogen-bond donors (Lipinski definition) is 2. The minimum atomic E-state index is -0.958. The summed E-state index contributed by atoms with van der Waals surface area (Å²) in [4.78, 5) is 24.5. The lowest BCUT2D eigenvalue weighted by atomic mass is 10.1. The van der Waals surface area contributed by atoms with Gasteiger partial charge in [0.25, 0.3) is 5.91 Å². The lowest BCUT2D eigenvalue weighted by Gasteiger charge is -2.15. The van der Waals surface area contributed by atoms with Crippen LogP contribution in [-0.2, 0) is 9.53 Å². The zero-order chi connectivity index (χ0) is 15.1. The number of carboxylic acid groups (broad SMARTS) is 1. The van der Waals surface area contributed by atoms with Crippen molar-refractivity contribution in [2.45, 2.75) is 12.5 Å². The van der Waals surface area contributed by atoms with E-state index in [-0.39, 0.29) is 18.9 Å². The second-order valence-electron chi connectivity index (χ2n) is 4.61. The number of nitrogens with one attached hydrogen (secondary N) is 1. The van der Waals surface area contributed by atoms with Crippen LogP contribution in [0.1, 0.15) is 16.8 Å². The van der Waals surface area contributed by atoms with Crippen LogP contribution < -0.4 is 10.2 Å². The first-order valence-corrected chi connectivity index (χ1v) is 6.24. The monoisotopic (exact) mass is 280 g/mol. The highest BCUT2D eigenvalue weighted by Crippen LogP contribution is 2.13. The summed E-state index contributed by atoms with van der Waals surface area (Å²) in [6.45, 7) is 0.161. The third kappa shape index (κ3) is 4.89. The maximum Gasteiger partial charge on any atom is 0.306 e. The van der Waals surface area contributed by atoms with Gasteiger partial charge in [-0.15, -0.1) is 0 Å². The third-order valence-corrected chi connectivity index (χ3v) is 2.85. The predicted molar refractivity (Wildman–Crippen MR) is 76.2 cm³/mol. The summed E-state index contributed by atoms with van der Waals surface area (Å²) in [6, 6.07) is 7.18. The van der Waals surface area contributed by atoms with Crippen molar-refractivity contribution in [3.05, 3.63) is 29.8 Å². The molecule has 0 heterocycles. The van der Waals surface area contributed by atoms with Crippen LogP contribution in [0.4, 0.5) is 5.69 Å². The number of rotatable bonds is 7. The Kier molecular flexibility index (Phi) is 5.99. The second kappa shape index (κ2) is 7.49. The van der Waals surface area contributed by atoms with Crippen LogP contribution in [0.25, 0.3) is 0 Å². The fourth-order valence-electron chi connectivity index (χ4n) is 1.67. The first-order valence-electron chi connectivity index (χ1n) is 6.24. The van der Waals surface area contributed by atoms with Gasteiger partial charge < -0.3 is 20.1 Å². The van der Waals surface area contributed by atoms with Gasteiger partial charge in [-0.3, -0.25) is 9.59 Å². The quantitative estimate of drug-likeness (QED) is 0.778. The molecule has 1 aromatic carbocycles. The zero-order valence-electron chi connectivity index (χ0n) is 11.9. The summed E-state index contributed by atoms with van der Waals surface area (Å²) in [5.74, 6) is -1.21. The molecule has 1 unspecified atom stereocenters. The van der Waals surface area contributed by atoms with Gasteiger partial charge in [-0.25, -0.2) is 0 Å². The number of ether oxygens (including phenoxy) is 1. The van der Waals surface area contributed by atoms with Gasteiger partial charge in [-0.2, -0.15) is 0 Å². The van der Waals surface area contributed by atoms with E-state index in [0.717, 1.165) is 5.69 Å². The number of carbonyl (C=O) groups excluding carboxylic acids is 1. The molecule has 0 bridgehead atoms. The second-order valence-corrected chi connectivity index (χ2v) is 4.61. The number of amides is 1. The molecule has 0 aliphatic rings. The minimum Gasteiger partial charge on any atom is -0.481 e. The number of benzene rings is 1. The van der Waals surface area contributed by atoms with Crippen molar-refractivity contribution in [3.63, 3.8) is 0 Å². The maximum absolute atomic E-state index is 12.0. The molecule has 110 valence electrons. The molecule has 0 aromatic heterocycles. The van der Waals surface area contributed by atoms with Crippen molar-refractivity contribution in [1.29, 1.82) is 0 Å². The maximum atomic E-state index is 12.0. The molecule has 6 nitrogen and oxygen atoms in total. The Hall–Kier alpha value is -2.08. The molecule has 6 heteroatoms. The number of nitrogens with zero attached hydrogens (tertiary/aromatic N) is 1. The van der Waals surface area contributed by atoms with Crippen molar-refractivity contribution in [2.75, 3.05) is 32.6 Å². The van der Waals surface area contributed by atoms with E-state index in [2.05, 4.69) is 5.32 Å². The Balaban J connectivity index is 2.62. The molecule has 1 atom stereocenters. The fraction of sp³-hybridized carbons (Fsp3) is 0.429. The highest BCUT2D eigenvalue weighted by molar-refractivity contribution is 5.95. The smallest absolute Gasteiger partial charge is 0.306 e. The molecule has 0 aliphatic heterocycles. The summed E-state index contributed by atoms with van der Waals surface area (Å²) in [7, 11) is 5.21. The highest BCUT2D eigenvalue weighted by atomic mass is 16.5. The highest BCUT2D eigenvalue weighted by Gasteiger charge is 2.14. The Morgan fingerprint density at radius 3 is 2.65 bits per heavy atom. The molecule has 2 N–H and O–H groups in total. The topological polar surface area (TPSA) is 78.9 Å². The average Bonchev–Trinajstić information content (AvgIpc) is 2.42. The number of aliphatic carboxylic acids is 1. The van der Waals surface area contributed by atoms with Crippen LogP contribution >= 0.6 is 0 Å². The van der Waals surface area contributed by atoms with Crippen LogP contribution in [0.15, 0.2) is 24.3 Å². The number of anilines is 1. The van der Waals surface area contributed by atoms with E-state index in [1.54, 1.807) is 18.2 Å². The molecule has 0 aliphatic carbocycles. The summed E-state index contributed by atoms with van der Waals surface area (Å²) in [5.41, 5.74) is 1.45. The van der Waals surface area contributed by atoms with E-state index in [9.17, 15) is 9.59 Å². The van der Waals surface area contributed by atoms with Crippen LogP contribution in [0.3, 0.4) is 0 Å². The van der Waals surface area contributed by atoms with E-state index in [1.807, 2.05) is 25.1 Å². The Morgan fingerprint density at radius 2 is 2.10 bits per heavy atom. The SMILES string of the molecule is COC(CNC(=O)c1cccc(N(C)C)c1)CC(=O)O. The third-order valence-electron chi connectivity index (χ3n) is 2.85. The van der Waals surface area contributed by atoms with Crippen LogP contribution in [0.2, 0.25) is 0 Å². The Labute approximate surface area is 118 Å². The van der Waals surface area contributed by atoms with Gasteiger partial charge in [0, 0.05) is 39.0 Å². The van der Waals surface area contributed by atoms with E-state index < -0.39 is 12.1 Å². The molecule has 0 saturated carbocycles. The number of hydrogen-bond acceptors (Lipinski definition) is 4. The molecule has 0 radical (unpaired) electrons. The summed E-state index contributed by atoms with van der Waals surface area (Å²) < 4.78 is 5.01. The normalized spacial score (nSPS) is 11.8. The summed E-state index contributed by atoms with van der Waals surface area (Å²) in [5, 5.41) is 11.4. The first-order chi connectivity index (χ1) is 9.43. The largest absolute Gasteiger partial charge is 0.481 e. The number of methoxy groups -OCH3 is 1. The van der Waals surface area contributed by atoms with Crippen LogP contribution in [0, 0.1) is 0 Å². The molecule has 1 rings (SSSR count). The van der Waals surface area contributed by atoms with E-state index in [4.69, 9.17) is 9.84 Å². The molecular weight excluding hydrogens is 260 g/mol. The molecule has 0 spiro atoms. The summed E-state index contributed by atoms with van der Waals surface area (Å²) in [6.07, 6.45) is -0.678. The van der Waals surface area contributed by atoms with Gasteiger partial charge in [0.2, 0.25) is 0 Å². The van der Waals surface area contributed by atoms with Crippen molar-refractivity contribution < 1.29 is 19.4 Å². The van der Waals surface area contributed by atoms with E-state index in [0.29, 0.717) is 5.56 Å². The molecule has 0 fully saturated rings. The molecule has 1 amide bonds. The molecule has 1 aromatic rings. The average molecular weight is 280 g/mol. The van der Waals surface area contributed by atoms with Gasteiger partial charge >= 0.3 is 5.97 Å². The van der Waals surface area contributed by atoms with Gasteiger partial charge in [-0.1, -0.05) is 6.07 Å². The van der Waals surface area contributed by atoms with Crippen molar-refractivity contribution in [1.82, 2.24) is 5.32 Å². The number of carboxylic acids is 1. The van der Waals surface area contributed by atoms with Gasteiger partial charge in [-0.05, 0) is 18.2 Å². The standard InChI is InChI=1S/C14H20N2O4/c1-16(2)11-6-4-5-10(7-11)14(19)15-9-12(20-3)8-13(17)18/h4-7,12H,8-9H2,1-3H3,(H,15,19)(H,17,18). The van der Waals surface area contributed by atoms with Gasteiger partial charge in [0.1, 0.15) is 0 Å². The minimum absolute atomic E-state index is 0.144. The van der Waals surface area contributed by atoms with Gasteiger partial charge in [0.05, 0.1) is 12.5 Å². The van der Waals surface area contributed by atoms with Crippen molar-refractivity contribution in [3.8, 4) is 0 Å². The Bertz CT molecular complexity index is 474. The molecule has 0 saturated heterocycles. The van der Waals surface area contributed by atoms with Gasteiger partial charge in [0.15, 0.2) is 0 Å². The van der Waals surface area contributed by atoms with Crippen LogP contribution in [0.5, 0.6) is 0 Å². The van der Waals surface area contributed by atoms with Crippen molar-refractivity contribution >= 4 is 17.6 Å². The predicted octanol–water partition coefficient (Wildman–Crippen LogP) is 0.972.